The molecule has 5 heteroatoms. The second kappa shape index (κ2) is 5.86. The van der Waals surface area contributed by atoms with E-state index in [0.29, 0.717) is 11.4 Å². The summed E-state index contributed by atoms with van der Waals surface area (Å²) in [6.45, 7) is 2.05. The molecule has 0 amide bonds. The van der Waals surface area contributed by atoms with E-state index in [-0.39, 0.29) is 5.84 Å². The predicted octanol–water partition coefficient (Wildman–Crippen LogP) is 2.53. The zero-order valence-corrected chi connectivity index (χ0v) is 10.6. The normalized spacial score (nSPS) is 11.3. The highest BCUT2D eigenvalue weighted by Crippen LogP contribution is 2.26. The second-order valence-electron chi connectivity index (χ2n) is 3.90. The molecule has 0 saturated carbocycles. The molecule has 0 unspecified atom stereocenters. The molecule has 0 fully saturated rings. The summed E-state index contributed by atoms with van der Waals surface area (Å²) in [4.78, 5) is 4.12. The smallest absolute Gasteiger partial charge is 0.230 e. The number of aromatic nitrogens is 1. The Hall–Kier alpha value is -2.56. The van der Waals surface area contributed by atoms with Crippen molar-refractivity contribution >= 4 is 5.84 Å². The Labute approximate surface area is 111 Å². The third-order valence-electron chi connectivity index (χ3n) is 2.71. The zero-order valence-electron chi connectivity index (χ0n) is 10.6. The van der Waals surface area contributed by atoms with Crippen LogP contribution >= 0.6 is 0 Å². The quantitative estimate of drug-likeness (QED) is 0.381. The number of nitrogens with zero attached hydrogens (tertiary/aromatic N) is 2. The van der Waals surface area contributed by atoms with Crippen LogP contribution in [0.15, 0.2) is 47.8 Å². The van der Waals surface area contributed by atoms with Crippen LogP contribution in [0.25, 0.3) is 0 Å². The van der Waals surface area contributed by atoms with Crippen molar-refractivity contribution in [3.63, 3.8) is 0 Å². The number of nitrogens with two attached hydrogens (primary N) is 1. The van der Waals surface area contributed by atoms with Gasteiger partial charge >= 0.3 is 0 Å². The summed E-state index contributed by atoms with van der Waals surface area (Å²) in [5, 5.41) is 11.7. The lowest BCUT2D eigenvalue weighted by atomic mass is 10.1. The molecule has 0 bridgehead atoms. The molecule has 0 aliphatic carbocycles. The average molecular weight is 257 g/mol. The molecule has 0 aliphatic heterocycles. The topological polar surface area (TPSA) is 80.7 Å². The number of para-hydroxylation sites is 1. The molecule has 1 aromatic heterocycles. The molecule has 0 spiro atoms. The summed E-state index contributed by atoms with van der Waals surface area (Å²) in [5.41, 5.74) is 7.12. The van der Waals surface area contributed by atoms with Crippen LogP contribution in [0.5, 0.6) is 11.6 Å². The van der Waals surface area contributed by atoms with Crippen LogP contribution < -0.4 is 10.5 Å². The van der Waals surface area contributed by atoms with E-state index in [1.54, 1.807) is 18.3 Å². The van der Waals surface area contributed by atoms with Gasteiger partial charge in [0.05, 0.1) is 5.56 Å². The van der Waals surface area contributed by atoms with Gasteiger partial charge < -0.3 is 15.7 Å². The minimum absolute atomic E-state index is 0.0305. The fourth-order valence-electron chi connectivity index (χ4n) is 1.72. The Morgan fingerprint density at radius 2 is 2.11 bits per heavy atom. The number of hydrogen-bond acceptors (Lipinski definition) is 4. The minimum atomic E-state index is -0.0305. The van der Waals surface area contributed by atoms with E-state index in [0.717, 1.165) is 17.7 Å². The van der Waals surface area contributed by atoms with Crippen LogP contribution in [0.1, 0.15) is 18.1 Å². The third-order valence-corrected chi connectivity index (χ3v) is 2.71. The van der Waals surface area contributed by atoms with Crippen molar-refractivity contribution in [1.82, 2.24) is 4.98 Å². The standard InChI is InChI=1S/C14H15N3O2/c1-2-10-6-3-4-8-12(10)19-14-11(13(15)17-18)7-5-9-16-14/h3-9,18H,2H2,1H3,(H2,15,17). The van der Waals surface area contributed by atoms with E-state index < -0.39 is 0 Å². The highest BCUT2D eigenvalue weighted by atomic mass is 16.5. The Kier molecular flexibility index (Phi) is 3.97. The third kappa shape index (κ3) is 2.82. The number of benzene rings is 1. The molecule has 2 aromatic rings. The molecule has 0 aliphatic rings. The largest absolute Gasteiger partial charge is 0.438 e. The van der Waals surface area contributed by atoms with E-state index in [1.807, 2.05) is 31.2 Å². The molecule has 98 valence electrons. The van der Waals surface area contributed by atoms with Crippen molar-refractivity contribution in [2.24, 2.45) is 10.9 Å². The van der Waals surface area contributed by atoms with Gasteiger partial charge in [0.2, 0.25) is 5.88 Å². The number of aryl methyl sites for hydroxylation is 1. The maximum atomic E-state index is 8.76. The van der Waals surface area contributed by atoms with Crippen LogP contribution in [0.4, 0.5) is 0 Å². The average Bonchev–Trinajstić information content (AvgIpc) is 2.47. The maximum Gasteiger partial charge on any atom is 0.230 e. The molecule has 0 radical (unpaired) electrons. The van der Waals surface area contributed by atoms with Crippen molar-refractivity contribution in [2.75, 3.05) is 0 Å². The maximum absolute atomic E-state index is 8.76. The van der Waals surface area contributed by atoms with Gasteiger partial charge in [0.1, 0.15) is 5.75 Å². The lowest BCUT2D eigenvalue weighted by Gasteiger charge is -2.11. The Morgan fingerprint density at radius 3 is 2.84 bits per heavy atom. The molecule has 1 aromatic carbocycles. The number of oxime groups is 1. The second-order valence-corrected chi connectivity index (χ2v) is 3.90. The summed E-state index contributed by atoms with van der Waals surface area (Å²) in [5.74, 6) is 1.01. The molecule has 1 heterocycles. The van der Waals surface area contributed by atoms with E-state index in [2.05, 4.69) is 10.1 Å². The zero-order chi connectivity index (χ0) is 13.7. The lowest BCUT2D eigenvalue weighted by molar-refractivity contribution is 0.318. The number of pyridine rings is 1. The van der Waals surface area contributed by atoms with Crippen molar-refractivity contribution in [2.45, 2.75) is 13.3 Å². The molecule has 3 N–H and O–H groups in total. The van der Waals surface area contributed by atoms with Crippen LogP contribution in [0.2, 0.25) is 0 Å². The minimum Gasteiger partial charge on any atom is -0.438 e. The Balaban J connectivity index is 2.39. The molecular formula is C14H15N3O2. The highest BCUT2D eigenvalue weighted by Gasteiger charge is 2.11. The lowest BCUT2D eigenvalue weighted by Crippen LogP contribution is -2.14. The Bertz CT molecular complexity index is 597. The van der Waals surface area contributed by atoms with E-state index in [4.69, 9.17) is 15.7 Å². The number of rotatable bonds is 4. The van der Waals surface area contributed by atoms with Gasteiger partial charge in [-0.05, 0) is 30.2 Å². The molecule has 19 heavy (non-hydrogen) atoms. The van der Waals surface area contributed by atoms with Crippen molar-refractivity contribution < 1.29 is 9.94 Å². The van der Waals surface area contributed by atoms with Crippen LogP contribution in [-0.4, -0.2) is 16.0 Å². The molecule has 5 nitrogen and oxygen atoms in total. The van der Waals surface area contributed by atoms with Gasteiger partial charge in [0, 0.05) is 6.20 Å². The van der Waals surface area contributed by atoms with E-state index in [1.165, 1.54) is 0 Å². The van der Waals surface area contributed by atoms with Gasteiger partial charge in [0.15, 0.2) is 5.84 Å². The van der Waals surface area contributed by atoms with Gasteiger partial charge in [-0.25, -0.2) is 4.98 Å². The van der Waals surface area contributed by atoms with Gasteiger partial charge in [-0.2, -0.15) is 0 Å². The summed E-state index contributed by atoms with van der Waals surface area (Å²) >= 11 is 0. The van der Waals surface area contributed by atoms with E-state index >= 15 is 0 Å². The monoisotopic (exact) mass is 257 g/mol. The first-order chi connectivity index (χ1) is 9.26. The van der Waals surface area contributed by atoms with Gasteiger partial charge in [-0.15, -0.1) is 0 Å². The highest BCUT2D eigenvalue weighted by molar-refractivity contribution is 5.99. The SMILES string of the molecule is CCc1ccccc1Oc1ncccc1/C(N)=N\O. The first-order valence-electron chi connectivity index (χ1n) is 5.95. The molecule has 0 saturated heterocycles. The first kappa shape index (κ1) is 12.9. The van der Waals surface area contributed by atoms with Crippen LogP contribution in [0.3, 0.4) is 0 Å². The molecule has 0 atom stereocenters. The summed E-state index contributed by atoms with van der Waals surface area (Å²) < 4.78 is 5.77. The van der Waals surface area contributed by atoms with Gasteiger partial charge in [-0.1, -0.05) is 30.3 Å². The number of ether oxygens (including phenoxy) is 1. The summed E-state index contributed by atoms with van der Waals surface area (Å²) in [6, 6.07) is 11.1. The predicted molar refractivity (Wildman–Crippen MR) is 72.6 cm³/mol. The summed E-state index contributed by atoms with van der Waals surface area (Å²) in [7, 11) is 0. The summed E-state index contributed by atoms with van der Waals surface area (Å²) in [6.07, 6.45) is 2.44. The van der Waals surface area contributed by atoms with Crippen molar-refractivity contribution in [1.29, 1.82) is 0 Å². The Morgan fingerprint density at radius 1 is 1.32 bits per heavy atom. The fraction of sp³-hybridized carbons (Fsp3) is 0.143. The molecule has 2 rings (SSSR count). The van der Waals surface area contributed by atoms with Crippen LogP contribution in [0, 0.1) is 0 Å². The van der Waals surface area contributed by atoms with E-state index in [9.17, 15) is 0 Å². The molecular weight excluding hydrogens is 242 g/mol. The van der Waals surface area contributed by atoms with Gasteiger partial charge in [0.25, 0.3) is 0 Å². The van der Waals surface area contributed by atoms with Crippen molar-refractivity contribution in [3.05, 3.63) is 53.7 Å². The fourth-order valence-corrected chi connectivity index (χ4v) is 1.72. The van der Waals surface area contributed by atoms with Crippen LogP contribution in [-0.2, 0) is 6.42 Å². The first-order valence-corrected chi connectivity index (χ1v) is 5.95. The van der Waals surface area contributed by atoms with Gasteiger partial charge in [-0.3, -0.25) is 0 Å². The van der Waals surface area contributed by atoms with Crippen molar-refractivity contribution in [3.8, 4) is 11.6 Å². The number of hydrogen-bond donors (Lipinski definition) is 2. The number of amidine groups is 1.